The summed E-state index contributed by atoms with van der Waals surface area (Å²) in [5.74, 6) is 0.246. The molecule has 0 amide bonds. The smallest absolute Gasteiger partial charge is 0.130 e. The zero-order chi connectivity index (χ0) is 19.7. The van der Waals surface area contributed by atoms with Gasteiger partial charge in [-0.05, 0) is 58.5 Å². The summed E-state index contributed by atoms with van der Waals surface area (Å²) in [7, 11) is 1.80. The minimum Gasteiger partial charge on any atom is -0.377 e. The third kappa shape index (κ3) is 4.15. The Balaban J connectivity index is 1.49. The highest BCUT2D eigenvalue weighted by Crippen LogP contribution is 2.44. The highest BCUT2D eigenvalue weighted by atomic mass is 19.1. The van der Waals surface area contributed by atoms with Gasteiger partial charge in [-0.15, -0.1) is 0 Å². The van der Waals surface area contributed by atoms with Crippen molar-refractivity contribution in [2.75, 3.05) is 26.7 Å². The van der Waals surface area contributed by atoms with Crippen LogP contribution in [0.15, 0.2) is 11.6 Å². The van der Waals surface area contributed by atoms with Crippen LogP contribution in [0.1, 0.15) is 39.0 Å². The second kappa shape index (κ2) is 9.04. The minimum absolute atomic E-state index is 0.0101. The van der Waals surface area contributed by atoms with Gasteiger partial charge in [0.25, 0.3) is 0 Å². The van der Waals surface area contributed by atoms with E-state index in [1.54, 1.807) is 7.05 Å². The summed E-state index contributed by atoms with van der Waals surface area (Å²) >= 11 is 0. The van der Waals surface area contributed by atoms with Crippen LogP contribution in [-0.4, -0.2) is 69.5 Å². The van der Waals surface area contributed by atoms with Crippen LogP contribution >= 0.6 is 0 Å². The van der Waals surface area contributed by atoms with Gasteiger partial charge in [-0.1, -0.05) is 11.6 Å². The molecule has 1 saturated carbocycles. The van der Waals surface area contributed by atoms with Crippen LogP contribution in [0.5, 0.6) is 0 Å². The molecule has 0 radical (unpaired) electrons. The molecular formula is C21H36F2N4O. The minimum atomic E-state index is -0.975. The zero-order valence-corrected chi connectivity index (χ0v) is 17.1. The normalized spacial score (nSPS) is 47.3. The Kier molecular flexibility index (Phi) is 6.67. The molecule has 2 saturated heterocycles. The van der Waals surface area contributed by atoms with Crippen LogP contribution in [-0.2, 0) is 4.74 Å². The van der Waals surface area contributed by atoms with Crippen molar-refractivity contribution in [2.45, 2.75) is 81.8 Å². The molecule has 4 aliphatic rings. The Labute approximate surface area is 167 Å². The van der Waals surface area contributed by atoms with Crippen LogP contribution in [0.3, 0.4) is 0 Å². The average Bonchev–Trinajstić information content (AvgIpc) is 2.97. The first-order valence-corrected chi connectivity index (χ1v) is 11.1. The molecule has 9 atom stereocenters. The predicted octanol–water partition coefficient (Wildman–Crippen LogP) is 1.65. The van der Waals surface area contributed by atoms with Crippen LogP contribution in [0.4, 0.5) is 8.78 Å². The molecule has 28 heavy (non-hydrogen) atoms. The molecule has 3 heterocycles. The second-order valence-electron chi connectivity index (χ2n) is 9.03. The van der Waals surface area contributed by atoms with Gasteiger partial charge in [0.15, 0.2) is 0 Å². The third-order valence-electron chi connectivity index (χ3n) is 7.26. The standard InChI is InChI=1S/C21H36F2N4O/c1-12-19(22)15(24-2)11-17(26-12)27-16-10-14-6-9-28-21(14)18(20(16)23)13-4-3-7-25-8-5-13/h5,12,14-21,24-27H,3-4,6-11H2,1-2H3. The van der Waals surface area contributed by atoms with Crippen LogP contribution < -0.4 is 21.3 Å². The molecule has 5 nitrogen and oxygen atoms in total. The Morgan fingerprint density at radius 3 is 2.86 bits per heavy atom. The van der Waals surface area contributed by atoms with Crippen LogP contribution in [0.25, 0.3) is 0 Å². The lowest BCUT2D eigenvalue weighted by atomic mass is 9.70. The predicted molar refractivity (Wildman–Crippen MR) is 107 cm³/mol. The lowest BCUT2D eigenvalue weighted by molar-refractivity contribution is -0.0261. The van der Waals surface area contributed by atoms with E-state index in [0.29, 0.717) is 12.3 Å². The molecule has 0 spiro atoms. The number of piperidine rings is 1. The van der Waals surface area contributed by atoms with Crippen molar-refractivity contribution < 1.29 is 13.5 Å². The van der Waals surface area contributed by atoms with Gasteiger partial charge in [-0.2, -0.15) is 0 Å². The van der Waals surface area contributed by atoms with Crippen molar-refractivity contribution in [3.8, 4) is 0 Å². The molecule has 9 unspecified atom stereocenters. The highest BCUT2D eigenvalue weighted by Gasteiger charge is 2.50. The zero-order valence-electron chi connectivity index (χ0n) is 17.1. The summed E-state index contributed by atoms with van der Waals surface area (Å²) < 4.78 is 36.2. The second-order valence-corrected chi connectivity index (χ2v) is 9.03. The number of hydrogen-bond acceptors (Lipinski definition) is 5. The Hall–Kier alpha value is -0.600. The molecule has 0 aromatic carbocycles. The summed E-state index contributed by atoms with van der Waals surface area (Å²) in [6.45, 7) is 4.40. The first-order valence-electron chi connectivity index (χ1n) is 11.1. The van der Waals surface area contributed by atoms with E-state index in [1.165, 1.54) is 5.57 Å². The molecule has 0 aromatic rings. The lowest BCUT2D eigenvalue weighted by Crippen LogP contribution is -2.65. The largest absolute Gasteiger partial charge is 0.377 e. The summed E-state index contributed by atoms with van der Waals surface area (Å²) in [5, 5.41) is 13.3. The van der Waals surface area contributed by atoms with Crippen molar-refractivity contribution in [3.63, 3.8) is 0 Å². The van der Waals surface area contributed by atoms with Gasteiger partial charge >= 0.3 is 0 Å². The number of halogens is 2. The van der Waals surface area contributed by atoms with Crippen molar-refractivity contribution in [1.29, 1.82) is 0 Å². The molecule has 0 aromatic heterocycles. The number of alkyl halides is 2. The van der Waals surface area contributed by atoms with Gasteiger partial charge in [0.05, 0.1) is 12.3 Å². The maximum Gasteiger partial charge on any atom is 0.130 e. The van der Waals surface area contributed by atoms with Gasteiger partial charge in [-0.25, -0.2) is 8.78 Å². The van der Waals surface area contributed by atoms with Crippen molar-refractivity contribution >= 4 is 0 Å². The Morgan fingerprint density at radius 2 is 2.04 bits per heavy atom. The quantitative estimate of drug-likeness (QED) is 0.543. The van der Waals surface area contributed by atoms with Gasteiger partial charge < -0.3 is 15.4 Å². The van der Waals surface area contributed by atoms with E-state index < -0.39 is 12.3 Å². The SMILES string of the molecule is CNC1CC(NC2CC3CCOC3C(C3=CCNCCC3)C2F)NC(C)C1F. The molecule has 3 fully saturated rings. The fraction of sp³-hybridized carbons (Fsp3) is 0.905. The molecule has 4 N–H and O–H groups in total. The monoisotopic (exact) mass is 398 g/mol. The maximum absolute atomic E-state index is 15.9. The summed E-state index contributed by atoms with van der Waals surface area (Å²) in [5.41, 5.74) is 1.22. The van der Waals surface area contributed by atoms with Crippen molar-refractivity contribution in [2.24, 2.45) is 11.8 Å². The van der Waals surface area contributed by atoms with Crippen molar-refractivity contribution in [3.05, 3.63) is 11.6 Å². The summed E-state index contributed by atoms with van der Waals surface area (Å²) in [6, 6.07) is -0.674. The Bertz CT molecular complexity index is 563. The first kappa shape index (κ1) is 20.7. The maximum atomic E-state index is 15.9. The van der Waals surface area contributed by atoms with E-state index in [1.807, 2.05) is 6.92 Å². The molecule has 4 rings (SSSR count). The van der Waals surface area contributed by atoms with Gasteiger partial charge in [0, 0.05) is 37.2 Å². The fourth-order valence-electron chi connectivity index (χ4n) is 5.76. The third-order valence-corrected chi connectivity index (χ3v) is 7.26. The average molecular weight is 399 g/mol. The molecule has 7 heteroatoms. The van der Waals surface area contributed by atoms with Gasteiger partial charge in [0.1, 0.15) is 12.3 Å². The number of nitrogens with one attached hydrogen (secondary N) is 4. The number of ether oxygens (including phenoxy) is 1. The topological polar surface area (TPSA) is 57.4 Å². The van der Waals surface area contributed by atoms with E-state index >= 15 is 4.39 Å². The van der Waals surface area contributed by atoms with E-state index in [0.717, 1.165) is 45.4 Å². The van der Waals surface area contributed by atoms with E-state index in [2.05, 4.69) is 27.3 Å². The van der Waals surface area contributed by atoms with Crippen molar-refractivity contribution in [1.82, 2.24) is 21.3 Å². The number of hydrogen-bond donors (Lipinski definition) is 4. The summed E-state index contributed by atoms with van der Waals surface area (Å²) in [6.07, 6.45) is 4.64. The van der Waals surface area contributed by atoms with Crippen LogP contribution in [0, 0.1) is 11.8 Å². The number of fused-ring (bicyclic) bond motifs is 1. The molecular weight excluding hydrogens is 362 g/mol. The van der Waals surface area contributed by atoms with E-state index in [4.69, 9.17) is 4.74 Å². The van der Waals surface area contributed by atoms with E-state index in [9.17, 15) is 4.39 Å². The molecule has 0 bridgehead atoms. The molecule has 160 valence electrons. The summed E-state index contributed by atoms with van der Waals surface area (Å²) in [4.78, 5) is 0. The van der Waals surface area contributed by atoms with Crippen LogP contribution in [0.2, 0.25) is 0 Å². The van der Waals surface area contributed by atoms with E-state index in [-0.39, 0.29) is 36.3 Å². The fourth-order valence-corrected chi connectivity index (χ4v) is 5.76. The lowest BCUT2D eigenvalue weighted by Gasteiger charge is -2.45. The van der Waals surface area contributed by atoms with Gasteiger partial charge in [-0.3, -0.25) is 10.6 Å². The van der Waals surface area contributed by atoms with Gasteiger partial charge in [0.2, 0.25) is 0 Å². The molecule has 1 aliphatic carbocycles. The number of rotatable bonds is 4. The first-order chi connectivity index (χ1) is 13.6. The molecule has 3 aliphatic heterocycles. The Morgan fingerprint density at radius 1 is 1.18 bits per heavy atom. The highest BCUT2D eigenvalue weighted by molar-refractivity contribution is 5.18.